The Kier molecular flexibility index (Phi) is 3.76. The quantitative estimate of drug-likeness (QED) is 0.639. The lowest BCUT2D eigenvalue weighted by Crippen LogP contribution is -2.02. The van der Waals surface area contributed by atoms with Crippen LogP contribution >= 0.6 is 0 Å². The Hall–Kier alpha value is -3.22. The molecule has 7 nitrogen and oxygen atoms in total. The van der Waals surface area contributed by atoms with Gasteiger partial charge in [0.15, 0.2) is 0 Å². The summed E-state index contributed by atoms with van der Waals surface area (Å²) < 4.78 is 10.4. The maximum absolute atomic E-state index is 11.7. The molecular weight excluding hydrogens is 300 g/mol. The van der Waals surface area contributed by atoms with E-state index in [1.165, 1.54) is 24.4 Å². The molecule has 0 aliphatic rings. The second kappa shape index (κ2) is 5.88. The maximum atomic E-state index is 11.7. The van der Waals surface area contributed by atoms with Gasteiger partial charge in [-0.3, -0.25) is 5.10 Å². The number of phenolic OH excluding ortho intramolecular Hbond substituents is 2. The van der Waals surface area contributed by atoms with E-state index in [-0.39, 0.29) is 23.9 Å². The van der Waals surface area contributed by atoms with Crippen LogP contribution in [0.15, 0.2) is 40.9 Å². The van der Waals surface area contributed by atoms with Crippen LogP contribution in [-0.4, -0.2) is 33.0 Å². The number of hydrogen-bond acceptors (Lipinski definition) is 6. The summed E-state index contributed by atoms with van der Waals surface area (Å²) in [5.41, 5.74) is 1.53. The number of benzene rings is 1. The monoisotopic (exact) mass is 314 g/mol. The Labute approximate surface area is 131 Å². The average molecular weight is 314 g/mol. The van der Waals surface area contributed by atoms with Crippen molar-refractivity contribution in [2.24, 2.45) is 0 Å². The van der Waals surface area contributed by atoms with Crippen LogP contribution in [0.5, 0.6) is 11.5 Å². The third kappa shape index (κ3) is 2.76. The number of H-pyrrole nitrogens is 1. The highest BCUT2D eigenvalue weighted by molar-refractivity contribution is 5.88. The smallest absolute Gasteiger partial charge is 0.374 e. The lowest BCUT2D eigenvalue weighted by atomic mass is 10.1. The van der Waals surface area contributed by atoms with E-state index in [2.05, 4.69) is 10.2 Å². The van der Waals surface area contributed by atoms with Crippen LogP contribution < -0.4 is 0 Å². The van der Waals surface area contributed by atoms with Crippen molar-refractivity contribution in [3.8, 4) is 34.1 Å². The fourth-order valence-electron chi connectivity index (χ4n) is 2.20. The molecule has 0 unspecified atom stereocenters. The maximum Gasteiger partial charge on any atom is 0.374 e. The van der Waals surface area contributed by atoms with Gasteiger partial charge in [-0.1, -0.05) is 0 Å². The summed E-state index contributed by atoms with van der Waals surface area (Å²) in [5, 5.41) is 26.1. The van der Waals surface area contributed by atoms with Crippen LogP contribution in [0.1, 0.15) is 17.5 Å². The van der Waals surface area contributed by atoms with Gasteiger partial charge in [-0.05, 0) is 31.2 Å². The molecule has 0 aliphatic carbocycles. The van der Waals surface area contributed by atoms with E-state index in [1.54, 1.807) is 19.1 Å². The molecule has 0 bridgehead atoms. The molecule has 0 amide bonds. The van der Waals surface area contributed by atoms with Crippen LogP contribution in [0, 0.1) is 0 Å². The minimum Gasteiger partial charge on any atom is -0.508 e. The minimum absolute atomic E-state index is 0.0464. The summed E-state index contributed by atoms with van der Waals surface area (Å²) in [4.78, 5) is 11.7. The van der Waals surface area contributed by atoms with E-state index < -0.39 is 5.97 Å². The standard InChI is InChI=1S/C16H14N2O5/c1-2-22-16(21)14-6-5-13(23-14)11-8-17-18-15(11)10-4-3-9(19)7-12(10)20/h3-8,19-20H,2H2,1H3,(H,17,18). The number of nitrogens with one attached hydrogen (secondary N) is 1. The van der Waals surface area contributed by atoms with Crippen molar-refractivity contribution < 1.29 is 24.2 Å². The predicted octanol–water partition coefficient (Wildman–Crippen LogP) is 2.92. The molecule has 0 radical (unpaired) electrons. The number of nitrogens with zero attached hydrogens (tertiary/aromatic N) is 1. The van der Waals surface area contributed by atoms with Crippen molar-refractivity contribution >= 4 is 5.97 Å². The number of aromatic hydroxyl groups is 2. The number of esters is 1. The van der Waals surface area contributed by atoms with E-state index in [0.29, 0.717) is 22.6 Å². The predicted molar refractivity (Wildman–Crippen MR) is 81.0 cm³/mol. The molecule has 0 saturated heterocycles. The number of phenols is 2. The normalized spacial score (nSPS) is 10.7. The van der Waals surface area contributed by atoms with Crippen molar-refractivity contribution in [3.63, 3.8) is 0 Å². The highest BCUT2D eigenvalue weighted by atomic mass is 16.5. The Balaban J connectivity index is 2.00. The zero-order valence-electron chi connectivity index (χ0n) is 12.2. The summed E-state index contributed by atoms with van der Waals surface area (Å²) in [5.74, 6) is -0.202. The van der Waals surface area contributed by atoms with Crippen molar-refractivity contribution in [1.82, 2.24) is 10.2 Å². The van der Waals surface area contributed by atoms with Gasteiger partial charge in [-0.15, -0.1) is 0 Å². The van der Waals surface area contributed by atoms with E-state index >= 15 is 0 Å². The fraction of sp³-hybridized carbons (Fsp3) is 0.125. The van der Waals surface area contributed by atoms with Gasteiger partial charge in [0.05, 0.1) is 24.1 Å². The van der Waals surface area contributed by atoms with E-state index in [0.717, 1.165) is 0 Å². The van der Waals surface area contributed by atoms with E-state index in [1.807, 2.05) is 0 Å². The molecule has 0 saturated carbocycles. The van der Waals surface area contributed by atoms with Crippen LogP contribution in [-0.2, 0) is 4.74 Å². The SMILES string of the molecule is CCOC(=O)c1ccc(-c2cn[nH]c2-c2ccc(O)cc2O)o1. The molecule has 2 heterocycles. The summed E-state index contributed by atoms with van der Waals surface area (Å²) >= 11 is 0. The molecule has 118 valence electrons. The van der Waals surface area contributed by atoms with Crippen molar-refractivity contribution in [2.45, 2.75) is 6.92 Å². The second-order valence-electron chi connectivity index (χ2n) is 4.74. The minimum atomic E-state index is -0.545. The zero-order valence-corrected chi connectivity index (χ0v) is 12.2. The number of furan rings is 1. The highest BCUT2D eigenvalue weighted by Gasteiger charge is 2.18. The molecule has 0 aliphatic heterocycles. The summed E-state index contributed by atoms with van der Waals surface area (Å²) in [6.45, 7) is 1.97. The first-order chi connectivity index (χ1) is 11.1. The number of aromatic nitrogens is 2. The van der Waals surface area contributed by atoms with E-state index in [4.69, 9.17) is 9.15 Å². The molecule has 23 heavy (non-hydrogen) atoms. The first-order valence-corrected chi connectivity index (χ1v) is 6.93. The number of carbonyl (C=O) groups is 1. The number of hydrogen-bond donors (Lipinski definition) is 3. The first kappa shape index (κ1) is 14.7. The highest BCUT2D eigenvalue weighted by Crippen LogP contribution is 2.37. The summed E-state index contributed by atoms with van der Waals surface area (Å²) in [6.07, 6.45) is 1.52. The number of aromatic amines is 1. The molecule has 0 atom stereocenters. The van der Waals surface area contributed by atoms with Crippen molar-refractivity contribution in [2.75, 3.05) is 6.61 Å². The van der Waals surface area contributed by atoms with Gasteiger partial charge < -0.3 is 19.4 Å². The summed E-state index contributed by atoms with van der Waals surface area (Å²) in [7, 11) is 0. The summed E-state index contributed by atoms with van der Waals surface area (Å²) in [6, 6.07) is 7.37. The van der Waals surface area contributed by atoms with Gasteiger partial charge in [0, 0.05) is 11.6 Å². The second-order valence-corrected chi connectivity index (χ2v) is 4.74. The molecule has 3 rings (SSSR count). The molecule has 3 N–H and O–H groups in total. The third-order valence-electron chi connectivity index (χ3n) is 3.24. The van der Waals surface area contributed by atoms with Gasteiger partial charge in [-0.2, -0.15) is 5.10 Å². The zero-order chi connectivity index (χ0) is 16.4. The topological polar surface area (TPSA) is 109 Å². The number of carbonyl (C=O) groups excluding carboxylic acids is 1. The Morgan fingerprint density at radius 3 is 2.83 bits per heavy atom. The molecule has 0 spiro atoms. The Bertz CT molecular complexity index is 850. The van der Waals surface area contributed by atoms with Gasteiger partial charge in [-0.25, -0.2) is 4.79 Å². The molecule has 2 aromatic heterocycles. The largest absolute Gasteiger partial charge is 0.508 e. The molecule has 1 aromatic carbocycles. The Morgan fingerprint density at radius 2 is 2.09 bits per heavy atom. The third-order valence-corrected chi connectivity index (χ3v) is 3.24. The van der Waals surface area contributed by atoms with Crippen molar-refractivity contribution in [3.05, 3.63) is 42.3 Å². The molecular formula is C16H14N2O5. The number of rotatable bonds is 4. The lowest BCUT2D eigenvalue weighted by Gasteiger charge is -2.05. The van der Waals surface area contributed by atoms with Crippen LogP contribution in [0.4, 0.5) is 0 Å². The first-order valence-electron chi connectivity index (χ1n) is 6.93. The van der Waals surface area contributed by atoms with Crippen LogP contribution in [0.3, 0.4) is 0 Å². The Morgan fingerprint density at radius 1 is 1.26 bits per heavy atom. The molecule has 7 heteroatoms. The van der Waals surface area contributed by atoms with Gasteiger partial charge in [0.1, 0.15) is 17.3 Å². The van der Waals surface area contributed by atoms with Crippen molar-refractivity contribution in [1.29, 1.82) is 0 Å². The van der Waals surface area contributed by atoms with E-state index in [9.17, 15) is 15.0 Å². The fourth-order valence-corrected chi connectivity index (χ4v) is 2.20. The molecule has 0 fully saturated rings. The van der Waals surface area contributed by atoms with Gasteiger partial charge >= 0.3 is 5.97 Å². The number of ether oxygens (including phenoxy) is 1. The van der Waals surface area contributed by atoms with Gasteiger partial charge in [0.2, 0.25) is 5.76 Å². The molecule has 3 aromatic rings. The van der Waals surface area contributed by atoms with Crippen LogP contribution in [0.2, 0.25) is 0 Å². The lowest BCUT2D eigenvalue weighted by molar-refractivity contribution is 0.0491. The van der Waals surface area contributed by atoms with Gasteiger partial charge in [0.25, 0.3) is 0 Å². The van der Waals surface area contributed by atoms with Crippen LogP contribution in [0.25, 0.3) is 22.6 Å². The average Bonchev–Trinajstić information content (AvgIpc) is 3.16.